The molecule has 224 valence electrons. The molecule has 0 saturated carbocycles. The standard InChI is InChI=1S/C36H36N4O4/c1-38-23-30(29-14-8-9-15-32(29)38)35(43)40-22-28(41)20-33(40)34(42)37-31(36(44)39(2)21-24-10-4-3-5-11-24)19-25-16-17-26-12-6-7-13-27(26)18-25/h3-18,23,28,31,33,41H,19-22H2,1-2H3,(H,37,42)/t28-,31-,33+/m0/s1. The van der Waals surface area contributed by atoms with Crippen molar-refractivity contribution in [3.05, 3.63) is 120 Å². The van der Waals surface area contributed by atoms with Gasteiger partial charge in [-0.3, -0.25) is 14.4 Å². The second-order valence-electron chi connectivity index (χ2n) is 11.7. The Hall–Kier alpha value is -4.95. The Kier molecular flexibility index (Phi) is 8.17. The van der Waals surface area contributed by atoms with Crippen molar-refractivity contribution in [1.29, 1.82) is 0 Å². The Morgan fingerprint density at radius 2 is 1.61 bits per heavy atom. The van der Waals surface area contributed by atoms with E-state index in [-0.39, 0.29) is 31.2 Å². The summed E-state index contributed by atoms with van der Waals surface area (Å²) in [5, 5.41) is 16.5. The highest BCUT2D eigenvalue weighted by atomic mass is 16.3. The number of aliphatic hydroxyl groups is 1. The number of likely N-dealkylation sites (N-methyl/N-ethyl adjacent to an activating group) is 1. The minimum absolute atomic E-state index is 0.0390. The van der Waals surface area contributed by atoms with Crippen LogP contribution in [0.4, 0.5) is 0 Å². The summed E-state index contributed by atoms with van der Waals surface area (Å²) in [5.74, 6) is -1.01. The molecule has 1 aromatic heterocycles. The highest BCUT2D eigenvalue weighted by molar-refractivity contribution is 6.08. The van der Waals surface area contributed by atoms with E-state index in [1.54, 1.807) is 18.1 Å². The van der Waals surface area contributed by atoms with Crippen LogP contribution in [0, 0.1) is 0 Å². The van der Waals surface area contributed by atoms with E-state index >= 15 is 0 Å². The number of benzene rings is 4. The molecule has 0 radical (unpaired) electrons. The number of aliphatic hydroxyl groups excluding tert-OH is 1. The Labute approximate surface area is 256 Å². The SMILES string of the molecule is CN(Cc1ccccc1)C(=O)[C@H](Cc1ccc2ccccc2c1)NC(=O)[C@H]1C[C@H](O)CN1C(=O)c1cn(C)c2ccccc12. The van der Waals surface area contributed by atoms with E-state index in [0.29, 0.717) is 12.1 Å². The number of amides is 3. The minimum atomic E-state index is -0.914. The van der Waals surface area contributed by atoms with Gasteiger partial charge in [0.1, 0.15) is 12.1 Å². The first-order valence-electron chi connectivity index (χ1n) is 14.9. The zero-order valence-corrected chi connectivity index (χ0v) is 24.9. The summed E-state index contributed by atoms with van der Waals surface area (Å²) in [6, 6.07) is 29.5. The van der Waals surface area contributed by atoms with E-state index < -0.39 is 24.1 Å². The van der Waals surface area contributed by atoms with Crippen LogP contribution in [0.2, 0.25) is 0 Å². The summed E-state index contributed by atoms with van der Waals surface area (Å²) in [7, 11) is 3.60. The van der Waals surface area contributed by atoms with Gasteiger partial charge in [-0.25, -0.2) is 0 Å². The molecule has 0 unspecified atom stereocenters. The maximum absolute atomic E-state index is 13.9. The van der Waals surface area contributed by atoms with Gasteiger partial charge in [-0.05, 0) is 28.0 Å². The van der Waals surface area contributed by atoms with Gasteiger partial charge in [0, 0.05) is 57.1 Å². The molecule has 3 atom stereocenters. The molecule has 8 nitrogen and oxygen atoms in total. The third-order valence-corrected chi connectivity index (χ3v) is 8.48. The van der Waals surface area contributed by atoms with Gasteiger partial charge in [0.25, 0.3) is 5.91 Å². The normalized spacial score (nSPS) is 17.1. The number of fused-ring (bicyclic) bond motifs is 2. The predicted octanol–water partition coefficient (Wildman–Crippen LogP) is 4.29. The fraction of sp³-hybridized carbons (Fsp3) is 0.250. The lowest BCUT2D eigenvalue weighted by Crippen LogP contribution is -2.54. The van der Waals surface area contributed by atoms with Crippen molar-refractivity contribution >= 4 is 39.4 Å². The fourth-order valence-corrected chi connectivity index (χ4v) is 6.22. The van der Waals surface area contributed by atoms with E-state index in [1.165, 1.54) is 4.90 Å². The number of hydrogen-bond donors (Lipinski definition) is 2. The molecule has 0 aliphatic carbocycles. The van der Waals surface area contributed by atoms with Crippen LogP contribution >= 0.6 is 0 Å². The number of nitrogens with one attached hydrogen (secondary N) is 1. The Morgan fingerprint density at radius 3 is 2.41 bits per heavy atom. The van der Waals surface area contributed by atoms with Crippen LogP contribution in [0.1, 0.15) is 27.9 Å². The zero-order valence-electron chi connectivity index (χ0n) is 24.9. The van der Waals surface area contributed by atoms with Gasteiger partial charge < -0.3 is 24.8 Å². The molecule has 44 heavy (non-hydrogen) atoms. The van der Waals surface area contributed by atoms with Crippen molar-refractivity contribution in [3.8, 4) is 0 Å². The molecule has 5 aromatic rings. The lowest BCUT2D eigenvalue weighted by Gasteiger charge is -2.28. The van der Waals surface area contributed by atoms with Gasteiger partial charge in [-0.2, -0.15) is 0 Å². The van der Waals surface area contributed by atoms with Gasteiger partial charge in [0.15, 0.2) is 0 Å². The molecule has 2 N–H and O–H groups in total. The third kappa shape index (κ3) is 5.94. The number of para-hydroxylation sites is 1. The average molecular weight is 589 g/mol. The maximum atomic E-state index is 13.9. The van der Waals surface area contributed by atoms with Gasteiger partial charge in [-0.1, -0.05) is 91.0 Å². The summed E-state index contributed by atoms with van der Waals surface area (Å²) >= 11 is 0. The number of carbonyl (C=O) groups excluding carboxylic acids is 3. The number of β-amino-alcohol motifs (C(OH)–C–C–N with tert-alkyl or cyclic N) is 1. The van der Waals surface area contributed by atoms with Crippen molar-refractivity contribution in [2.24, 2.45) is 7.05 Å². The van der Waals surface area contributed by atoms with Crippen molar-refractivity contribution in [1.82, 2.24) is 19.7 Å². The topological polar surface area (TPSA) is 94.9 Å². The number of carbonyl (C=O) groups is 3. The molecule has 1 fully saturated rings. The summed E-state index contributed by atoms with van der Waals surface area (Å²) < 4.78 is 1.88. The minimum Gasteiger partial charge on any atom is -0.391 e. The largest absolute Gasteiger partial charge is 0.391 e. The van der Waals surface area contributed by atoms with Crippen molar-refractivity contribution in [2.75, 3.05) is 13.6 Å². The number of nitrogens with zero attached hydrogens (tertiary/aromatic N) is 3. The molecule has 3 amide bonds. The Morgan fingerprint density at radius 1 is 0.909 bits per heavy atom. The zero-order chi connectivity index (χ0) is 30.8. The van der Waals surface area contributed by atoms with E-state index in [4.69, 9.17) is 0 Å². The van der Waals surface area contributed by atoms with E-state index in [1.807, 2.05) is 109 Å². The molecule has 1 aliphatic heterocycles. The molecule has 0 spiro atoms. The first kappa shape index (κ1) is 29.1. The summed E-state index contributed by atoms with van der Waals surface area (Å²) in [5.41, 5.74) is 3.26. The average Bonchev–Trinajstić information content (AvgIpc) is 3.60. The van der Waals surface area contributed by atoms with Crippen LogP contribution in [0.25, 0.3) is 21.7 Å². The molecule has 1 aliphatic rings. The number of likely N-dealkylation sites (tertiary alicyclic amines) is 1. The van der Waals surface area contributed by atoms with Gasteiger partial charge >= 0.3 is 0 Å². The van der Waals surface area contributed by atoms with Crippen molar-refractivity contribution in [3.63, 3.8) is 0 Å². The summed E-state index contributed by atoms with van der Waals surface area (Å²) in [6.07, 6.45) is 1.29. The molecular weight excluding hydrogens is 552 g/mol. The van der Waals surface area contributed by atoms with Crippen LogP contribution in [0.3, 0.4) is 0 Å². The number of rotatable bonds is 8. The van der Waals surface area contributed by atoms with Gasteiger partial charge in [-0.15, -0.1) is 0 Å². The van der Waals surface area contributed by atoms with Gasteiger partial charge in [0.2, 0.25) is 11.8 Å². The van der Waals surface area contributed by atoms with Gasteiger partial charge in [0.05, 0.1) is 11.7 Å². The highest BCUT2D eigenvalue weighted by Gasteiger charge is 2.41. The van der Waals surface area contributed by atoms with Crippen LogP contribution < -0.4 is 5.32 Å². The highest BCUT2D eigenvalue weighted by Crippen LogP contribution is 2.27. The van der Waals surface area contributed by atoms with E-state index in [0.717, 1.165) is 32.8 Å². The Bertz CT molecular complexity index is 1830. The predicted molar refractivity (Wildman–Crippen MR) is 171 cm³/mol. The third-order valence-electron chi connectivity index (χ3n) is 8.48. The van der Waals surface area contributed by atoms with E-state index in [9.17, 15) is 19.5 Å². The summed E-state index contributed by atoms with van der Waals surface area (Å²) in [6.45, 7) is 0.426. The quantitative estimate of drug-likeness (QED) is 0.283. The molecule has 1 saturated heterocycles. The lowest BCUT2D eigenvalue weighted by atomic mass is 10.00. The molecule has 2 heterocycles. The maximum Gasteiger partial charge on any atom is 0.256 e. The van der Waals surface area contributed by atoms with Crippen molar-refractivity contribution < 1.29 is 19.5 Å². The smallest absolute Gasteiger partial charge is 0.256 e. The number of aryl methyl sites for hydroxylation is 1. The molecule has 8 heteroatoms. The van der Waals surface area contributed by atoms with E-state index in [2.05, 4.69) is 5.32 Å². The van der Waals surface area contributed by atoms with Crippen LogP contribution in [-0.2, 0) is 29.6 Å². The van der Waals surface area contributed by atoms with Crippen LogP contribution in [0.15, 0.2) is 103 Å². The second kappa shape index (κ2) is 12.3. The molecule has 4 aromatic carbocycles. The number of hydrogen-bond acceptors (Lipinski definition) is 4. The first-order valence-corrected chi connectivity index (χ1v) is 14.9. The monoisotopic (exact) mass is 588 g/mol. The Balaban J connectivity index is 1.26. The lowest BCUT2D eigenvalue weighted by molar-refractivity contribution is -0.136. The first-order chi connectivity index (χ1) is 21.3. The molecule has 0 bridgehead atoms. The molecule has 6 rings (SSSR count). The van der Waals surface area contributed by atoms with Crippen LogP contribution in [-0.4, -0.2) is 69.0 Å². The summed E-state index contributed by atoms with van der Waals surface area (Å²) in [4.78, 5) is 44.7. The van der Waals surface area contributed by atoms with Crippen LogP contribution in [0.5, 0.6) is 0 Å². The molecular formula is C36H36N4O4. The number of aromatic nitrogens is 1. The van der Waals surface area contributed by atoms with Crippen molar-refractivity contribution in [2.45, 2.75) is 37.6 Å². The fourth-order valence-electron chi connectivity index (χ4n) is 6.22. The second-order valence-corrected chi connectivity index (χ2v) is 11.7.